The number of ether oxygens (including phenoxy) is 1. The van der Waals surface area contributed by atoms with E-state index in [1.165, 1.54) is 4.70 Å². The summed E-state index contributed by atoms with van der Waals surface area (Å²) >= 11 is 1.66. The number of nitrogens with zero attached hydrogens (tertiary/aromatic N) is 2. The van der Waals surface area contributed by atoms with Crippen molar-refractivity contribution < 1.29 is 9.26 Å². The van der Waals surface area contributed by atoms with Crippen LogP contribution in [0.5, 0.6) is 5.75 Å². The Labute approximate surface area is 138 Å². The summed E-state index contributed by atoms with van der Waals surface area (Å²) in [6.07, 6.45) is 4.10. The lowest BCUT2D eigenvalue weighted by atomic mass is 9.99. The summed E-state index contributed by atoms with van der Waals surface area (Å²) in [6.45, 7) is 2.07. The van der Waals surface area contributed by atoms with E-state index < -0.39 is 5.54 Å². The molecule has 1 aliphatic carbocycles. The highest BCUT2D eigenvalue weighted by Crippen LogP contribution is 2.40. The fourth-order valence-corrected chi connectivity index (χ4v) is 4.39. The second-order valence-electron chi connectivity index (χ2n) is 6.20. The third kappa shape index (κ3) is 2.33. The number of fused-ring (bicyclic) bond motifs is 1. The molecule has 1 fully saturated rings. The van der Waals surface area contributed by atoms with Gasteiger partial charge in [-0.25, -0.2) is 0 Å². The van der Waals surface area contributed by atoms with Gasteiger partial charge in [0.15, 0.2) is 5.82 Å². The summed E-state index contributed by atoms with van der Waals surface area (Å²) in [5.41, 5.74) is 7.14. The number of nitrogens with two attached hydrogens (primary N) is 1. The molecule has 6 heteroatoms. The molecule has 120 valence electrons. The maximum Gasteiger partial charge on any atom is 0.268 e. The maximum atomic E-state index is 6.42. The van der Waals surface area contributed by atoms with Crippen molar-refractivity contribution >= 4 is 21.4 Å². The molecule has 0 aliphatic heterocycles. The third-order valence-corrected chi connectivity index (χ3v) is 5.97. The smallest absolute Gasteiger partial charge is 0.268 e. The Balaban J connectivity index is 1.77. The fraction of sp³-hybridized carbons (Fsp3) is 0.412. The van der Waals surface area contributed by atoms with Crippen LogP contribution in [0, 0.1) is 6.92 Å². The van der Waals surface area contributed by atoms with Gasteiger partial charge in [0.05, 0.1) is 17.5 Å². The zero-order valence-electron chi connectivity index (χ0n) is 13.3. The normalized spacial score (nSPS) is 17.0. The van der Waals surface area contributed by atoms with Crippen LogP contribution in [-0.4, -0.2) is 17.3 Å². The Morgan fingerprint density at radius 2 is 2.09 bits per heavy atom. The molecule has 0 radical (unpaired) electrons. The molecule has 3 aromatic rings. The molecule has 5 nitrogen and oxygen atoms in total. The average Bonchev–Trinajstić information content (AvgIpc) is 3.27. The van der Waals surface area contributed by atoms with Crippen molar-refractivity contribution in [1.29, 1.82) is 0 Å². The van der Waals surface area contributed by atoms with Crippen LogP contribution in [0.1, 0.15) is 37.1 Å². The summed E-state index contributed by atoms with van der Waals surface area (Å²) in [5.74, 6) is 2.05. The van der Waals surface area contributed by atoms with Crippen molar-refractivity contribution in [1.82, 2.24) is 10.1 Å². The molecule has 0 unspecified atom stereocenters. The number of thiophene rings is 1. The molecule has 0 bridgehead atoms. The Morgan fingerprint density at radius 1 is 1.30 bits per heavy atom. The Bertz CT molecular complexity index is 862. The molecule has 0 saturated heterocycles. The van der Waals surface area contributed by atoms with Crippen LogP contribution in [0.4, 0.5) is 0 Å². The van der Waals surface area contributed by atoms with Gasteiger partial charge in [-0.1, -0.05) is 18.0 Å². The van der Waals surface area contributed by atoms with E-state index in [0.717, 1.165) is 47.3 Å². The molecule has 2 N–H and O–H groups in total. The summed E-state index contributed by atoms with van der Waals surface area (Å²) in [7, 11) is 1.68. The van der Waals surface area contributed by atoms with Gasteiger partial charge in [-0.05, 0) is 48.9 Å². The fourth-order valence-electron chi connectivity index (χ4n) is 3.28. The van der Waals surface area contributed by atoms with Crippen LogP contribution in [0.3, 0.4) is 0 Å². The Hall–Kier alpha value is -1.92. The van der Waals surface area contributed by atoms with E-state index in [0.29, 0.717) is 11.7 Å². The van der Waals surface area contributed by atoms with Gasteiger partial charge in [0.1, 0.15) is 5.75 Å². The first-order valence-corrected chi connectivity index (χ1v) is 8.63. The number of rotatable bonds is 3. The van der Waals surface area contributed by atoms with E-state index in [1.54, 1.807) is 18.4 Å². The van der Waals surface area contributed by atoms with Gasteiger partial charge in [-0.15, -0.1) is 11.3 Å². The molecule has 1 aromatic carbocycles. The minimum absolute atomic E-state index is 0.421. The second-order valence-corrected chi connectivity index (χ2v) is 7.26. The SMILES string of the molecule is COc1ccc2sc(-c3nc(C4(N)CCCC4)no3)c(C)c2c1. The van der Waals surface area contributed by atoms with Gasteiger partial charge in [-0.2, -0.15) is 4.98 Å². The zero-order chi connectivity index (χ0) is 16.0. The van der Waals surface area contributed by atoms with Crippen LogP contribution in [0.15, 0.2) is 22.7 Å². The summed E-state index contributed by atoms with van der Waals surface area (Å²) in [5, 5.41) is 5.32. The highest BCUT2D eigenvalue weighted by molar-refractivity contribution is 7.22. The molecule has 0 atom stereocenters. The van der Waals surface area contributed by atoms with Crippen LogP contribution in [0.25, 0.3) is 20.9 Å². The van der Waals surface area contributed by atoms with Gasteiger partial charge in [0.25, 0.3) is 5.89 Å². The summed E-state index contributed by atoms with van der Waals surface area (Å²) in [6, 6.07) is 6.08. The van der Waals surface area contributed by atoms with E-state index >= 15 is 0 Å². The van der Waals surface area contributed by atoms with E-state index in [4.69, 9.17) is 15.0 Å². The highest BCUT2D eigenvalue weighted by atomic mass is 32.1. The second kappa shape index (κ2) is 5.32. The molecule has 1 saturated carbocycles. The van der Waals surface area contributed by atoms with E-state index in [1.807, 2.05) is 12.1 Å². The summed E-state index contributed by atoms with van der Waals surface area (Å²) in [4.78, 5) is 5.62. The van der Waals surface area contributed by atoms with E-state index in [-0.39, 0.29) is 0 Å². The molecule has 2 aromatic heterocycles. The molecule has 0 amide bonds. The predicted molar refractivity (Wildman–Crippen MR) is 90.7 cm³/mol. The van der Waals surface area contributed by atoms with Crippen LogP contribution in [0.2, 0.25) is 0 Å². The number of methoxy groups -OCH3 is 1. The number of aromatic nitrogens is 2. The number of benzene rings is 1. The molecule has 4 rings (SSSR count). The Kier molecular flexibility index (Phi) is 3.39. The lowest BCUT2D eigenvalue weighted by molar-refractivity contribution is 0.373. The van der Waals surface area contributed by atoms with Crippen molar-refractivity contribution in [2.75, 3.05) is 7.11 Å². The molecular formula is C17H19N3O2S. The van der Waals surface area contributed by atoms with Gasteiger partial charge >= 0.3 is 0 Å². The highest BCUT2D eigenvalue weighted by Gasteiger charge is 2.36. The van der Waals surface area contributed by atoms with E-state index in [9.17, 15) is 0 Å². The number of hydrogen-bond acceptors (Lipinski definition) is 6. The van der Waals surface area contributed by atoms with Crippen molar-refractivity contribution in [2.24, 2.45) is 5.73 Å². The quantitative estimate of drug-likeness (QED) is 0.786. The first-order valence-electron chi connectivity index (χ1n) is 7.81. The predicted octanol–water partition coefficient (Wildman–Crippen LogP) is 4.00. The minimum atomic E-state index is -0.421. The van der Waals surface area contributed by atoms with Crippen molar-refractivity contribution in [3.8, 4) is 16.5 Å². The largest absolute Gasteiger partial charge is 0.497 e. The molecule has 2 heterocycles. The van der Waals surface area contributed by atoms with Crippen molar-refractivity contribution in [2.45, 2.75) is 38.1 Å². The monoisotopic (exact) mass is 329 g/mol. The topological polar surface area (TPSA) is 74.2 Å². The third-order valence-electron chi connectivity index (χ3n) is 4.70. The van der Waals surface area contributed by atoms with Gasteiger partial charge < -0.3 is 15.0 Å². The lowest BCUT2D eigenvalue weighted by Gasteiger charge is -2.17. The van der Waals surface area contributed by atoms with Gasteiger partial charge in [0.2, 0.25) is 0 Å². The van der Waals surface area contributed by atoms with Crippen molar-refractivity contribution in [3.05, 3.63) is 29.6 Å². The van der Waals surface area contributed by atoms with Gasteiger partial charge in [0, 0.05) is 4.70 Å². The number of aryl methyl sites for hydroxylation is 1. The van der Waals surface area contributed by atoms with Gasteiger partial charge in [-0.3, -0.25) is 0 Å². The lowest BCUT2D eigenvalue weighted by Crippen LogP contribution is -2.34. The average molecular weight is 329 g/mol. The van der Waals surface area contributed by atoms with Crippen LogP contribution >= 0.6 is 11.3 Å². The van der Waals surface area contributed by atoms with Crippen molar-refractivity contribution in [3.63, 3.8) is 0 Å². The number of hydrogen-bond donors (Lipinski definition) is 1. The molecule has 23 heavy (non-hydrogen) atoms. The molecule has 0 spiro atoms. The Morgan fingerprint density at radius 3 is 2.83 bits per heavy atom. The van der Waals surface area contributed by atoms with Crippen LogP contribution in [-0.2, 0) is 5.54 Å². The van der Waals surface area contributed by atoms with E-state index in [2.05, 4.69) is 23.1 Å². The molecular weight excluding hydrogens is 310 g/mol. The summed E-state index contributed by atoms with van der Waals surface area (Å²) < 4.78 is 12.0. The minimum Gasteiger partial charge on any atom is -0.497 e. The first-order chi connectivity index (χ1) is 11.1. The standard InChI is InChI=1S/C17H19N3O2S/c1-10-12-9-11(21-2)5-6-13(12)23-14(10)15-19-16(20-22-15)17(18)7-3-4-8-17/h5-6,9H,3-4,7-8,18H2,1-2H3. The zero-order valence-corrected chi connectivity index (χ0v) is 14.1. The maximum absolute atomic E-state index is 6.42. The molecule has 1 aliphatic rings. The first kappa shape index (κ1) is 14.7. The van der Waals surface area contributed by atoms with Crippen LogP contribution < -0.4 is 10.5 Å².